The zero-order valence-electron chi connectivity index (χ0n) is 14.9. The molecule has 8 heteroatoms. The third kappa shape index (κ3) is 4.27. The van der Waals surface area contributed by atoms with Gasteiger partial charge in [0.05, 0.1) is 6.21 Å². The van der Waals surface area contributed by atoms with Crippen molar-refractivity contribution in [3.8, 4) is 22.9 Å². The number of ether oxygens (including phenoxy) is 1. The van der Waals surface area contributed by atoms with Gasteiger partial charge in [0.25, 0.3) is 0 Å². The van der Waals surface area contributed by atoms with E-state index in [0.29, 0.717) is 22.7 Å². The maximum Gasteiger partial charge on any atom is 0.216 e. The molecule has 1 N–H and O–H groups in total. The minimum absolute atomic E-state index is 0.0525. The number of H-pyrrole nitrogens is 1. The summed E-state index contributed by atoms with van der Waals surface area (Å²) in [5, 5.41) is 11.2. The van der Waals surface area contributed by atoms with E-state index in [9.17, 15) is 8.78 Å². The van der Waals surface area contributed by atoms with Crippen LogP contribution in [0.15, 0.2) is 77.9 Å². The van der Waals surface area contributed by atoms with Crippen LogP contribution in [0.2, 0.25) is 0 Å². The maximum atomic E-state index is 14.2. The van der Waals surface area contributed by atoms with Crippen molar-refractivity contribution in [3.05, 3.63) is 94.8 Å². The summed E-state index contributed by atoms with van der Waals surface area (Å²) in [6.07, 6.45) is 1.53. The Kier molecular flexibility index (Phi) is 5.26. The maximum absolute atomic E-state index is 14.2. The molecule has 0 amide bonds. The van der Waals surface area contributed by atoms with E-state index in [4.69, 9.17) is 17.0 Å². The number of hydrogen-bond donors (Lipinski definition) is 1. The van der Waals surface area contributed by atoms with Crippen LogP contribution < -0.4 is 4.74 Å². The Morgan fingerprint density at radius 2 is 1.76 bits per heavy atom. The summed E-state index contributed by atoms with van der Waals surface area (Å²) in [7, 11) is 0. The van der Waals surface area contributed by atoms with Crippen LogP contribution in [-0.4, -0.2) is 21.1 Å². The molecule has 0 aliphatic carbocycles. The zero-order chi connectivity index (χ0) is 20.2. The minimum atomic E-state index is -0.506. The molecule has 0 bridgehead atoms. The summed E-state index contributed by atoms with van der Waals surface area (Å²) in [5.74, 6) is 0.104. The highest BCUT2D eigenvalue weighted by Gasteiger charge is 2.13. The highest BCUT2D eigenvalue weighted by Crippen LogP contribution is 2.29. The van der Waals surface area contributed by atoms with Crippen molar-refractivity contribution in [2.75, 3.05) is 0 Å². The Morgan fingerprint density at radius 3 is 2.52 bits per heavy atom. The standard InChI is InChI=1S/C21H14F2N4OS/c22-16-9-6-14(7-10-16)13-24-27-20(25-26-21(27)29)15-8-11-18(23)19(12-15)28-17-4-2-1-3-5-17/h1-13H,(H,26,29)/b24-13+. The summed E-state index contributed by atoms with van der Waals surface area (Å²) < 4.78 is 34.6. The Hall–Kier alpha value is -3.65. The molecular weight excluding hydrogens is 394 g/mol. The van der Waals surface area contributed by atoms with Gasteiger partial charge in [-0.2, -0.15) is 14.9 Å². The highest BCUT2D eigenvalue weighted by molar-refractivity contribution is 7.71. The van der Waals surface area contributed by atoms with Crippen LogP contribution in [0, 0.1) is 16.4 Å². The number of halogens is 2. The molecule has 0 unspecified atom stereocenters. The van der Waals surface area contributed by atoms with Gasteiger partial charge in [0, 0.05) is 5.56 Å². The van der Waals surface area contributed by atoms with E-state index in [0.717, 1.165) is 0 Å². The van der Waals surface area contributed by atoms with E-state index in [1.165, 1.54) is 35.2 Å². The first-order valence-electron chi connectivity index (χ1n) is 8.60. The summed E-state index contributed by atoms with van der Waals surface area (Å²) >= 11 is 5.24. The third-order valence-corrected chi connectivity index (χ3v) is 4.27. The molecule has 0 atom stereocenters. The van der Waals surface area contributed by atoms with Gasteiger partial charge in [0.15, 0.2) is 17.4 Å². The fraction of sp³-hybridized carbons (Fsp3) is 0. The molecule has 1 aromatic heterocycles. The monoisotopic (exact) mass is 408 g/mol. The number of hydrogen-bond acceptors (Lipinski definition) is 4. The molecule has 0 spiro atoms. The highest BCUT2D eigenvalue weighted by atomic mass is 32.1. The van der Waals surface area contributed by atoms with Crippen LogP contribution in [0.25, 0.3) is 11.4 Å². The largest absolute Gasteiger partial charge is 0.454 e. The third-order valence-electron chi connectivity index (χ3n) is 4.00. The van der Waals surface area contributed by atoms with E-state index in [1.54, 1.807) is 42.5 Å². The zero-order valence-corrected chi connectivity index (χ0v) is 15.7. The Morgan fingerprint density at radius 1 is 1.00 bits per heavy atom. The van der Waals surface area contributed by atoms with Crippen molar-refractivity contribution in [2.45, 2.75) is 0 Å². The van der Waals surface area contributed by atoms with Crippen molar-refractivity contribution < 1.29 is 13.5 Å². The van der Waals surface area contributed by atoms with Crippen LogP contribution in [-0.2, 0) is 0 Å². The van der Waals surface area contributed by atoms with Crippen molar-refractivity contribution in [1.29, 1.82) is 0 Å². The predicted molar refractivity (Wildman–Crippen MR) is 109 cm³/mol. The summed E-state index contributed by atoms with van der Waals surface area (Å²) in [4.78, 5) is 0. The smallest absolute Gasteiger partial charge is 0.216 e. The molecule has 0 aliphatic heterocycles. The van der Waals surface area contributed by atoms with Crippen molar-refractivity contribution in [1.82, 2.24) is 14.9 Å². The minimum Gasteiger partial charge on any atom is -0.454 e. The lowest BCUT2D eigenvalue weighted by atomic mass is 10.2. The number of benzene rings is 3. The van der Waals surface area contributed by atoms with Gasteiger partial charge in [0.1, 0.15) is 11.6 Å². The van der Waals surface area contributed by atoms with E-state index >= 15 is 0 Å². The van der Waals surface area contributed by atoms with Crippen LogP contribution in [0.3, 0.4) is 0 Å². The summed E-state index contributed by atoms with van der Waals surface area (Å²) in [5.41, 5.74) is 1.24. The second kappa shape index (κ2) is 8.15. The number of nitrogens with zero attached hydrogens (tertiary/aromatic N) is 3. The number of aromatic nitrogens is 3. The van der Waals surface area contributed by atoms with Crippen LogP contribution in [0.5, 0.6) is 11.5 Å². The Balaban J connectivity index is 1.68. The van der Waals surface area contributed by atoms with Gasteiger partial charge in [0.2, 0.25) is 4.77 Å². The molecule has 0 fully saturated rings. The first kappa shape index (κ1) is 18.7. The molecule has 0 saturated carbocycles. The van der Waals surface area contributed by atoms with Gasteiger partial charge in [-0.3, -0.25) is 0 Å². The van der Waals surface area contributed by atoms with Crippen LogP contribution >= 0.6 is 12.2 Å². The van der Waals surface area contributed by atoms with E-state index in [-0.39, 0.29) is 16.3 Å². The quantitative estimate of drug-likeness (QED) is 0.347. The first-order chi connectivity index (χ1) is 14.1. The summed E-state index contributed by atoms with van der Waals surface area (Å²) in [6, 6.07) is 19.1. The first-order valence-corrected chi connectivity index (χ1v) is 9.01. The number of aromatic amines is 1. The average Bonchev–Trinajstić information content (AvgIpc) is 3.10. The molecule has 0 saturated heterocycles. The lowest BCUT2D eigenvalue weighted by molar-refractivity contribution is 0.442. The average molecular weight is 408 g/mol. The molecule has 1 heterocycles. The molecule has 3 aromatic carbocycles. The Bertz CT molecular complexity index is 1220. The Labute approximate surface area is 169 Å². The topological polar surface area (TPSA) is 55.2 Å². The van der Waals surface area contributed by atoms with Crippen molar-refractivity contribution in [2.24, 2.45) is 5.10 Å². The molecule has 0 radical (unpaired) electrons. The number of nitrogens with one attached hydrogen (secondary N) is 1. The lowest BCUT2D eigenvalue weighted by Crippen LogP contribution is -1.96. The summed E-state index contributed by atoms with van der Waals surface area (Å²) in [6.45, 7) is 0. The fourth-order valence-corrected chi connectivity index (χ4v) is 2.77. The number of para-hydroxylation sites is 1. The van der Waals surface area contributed by atoms with Crippen LogP contribution in [0.1, 0.15) is 5.56 Å². The molecule has 4 aromatic rings. The SMILES string of the molecule is Fc1ccc(/C=N/n2c(-c3ccc(F)c(Oc4ccccc4)c3)n[nH]c2=S)cc1. The fourth-order valence-electron chi connectivity index (χ4n) is 2.60. The second-order valence-electron chi connectivity index (χ2n) is 6.02. The van der Waals surface area contributed by atoms with Gasteiger partial charge in [-0.15, -0.1) is 0 Å². The van der Waals surface area contributed by atoms with Gasteiger partial charge in [-0.1, -0.05) is 30.3 Å². The van der Waals surface area contributed by atoms with E-state index in [1.807, 2.05) is 6.07 Å². The van der Waals surface area contributed by atoms with Crippen LogP contribution in [0.4, 0.5) is 8.78 Å². The van der Waals surface area contributed by atoms with Gasteiger partial charge < -0.3 is 4.74 Å². The van der Waals surface area contributed by atoms with E-state index < -0.39 is 5.82 Å². The number of rotatable bonds is 5. The molecule has 29 heavy (non-hydrogen) atoms. The predicted octanol–water partition coefficient (Wildman–Crippen LogP) is 5.56. The second-order valence-corrected chi connectivity index (χ2v) is 6.41. The van der Waals surface area contributed by atoms with Gasteiger partial charge in [-0.05, 0) is 60.2 Å². The normalized spacial score (nSPS) is 11.1. The van der Waals surface area contributed by atoms with Crippen molar-refractivity contribution >= 4 is 18.4 Å². The molecule has 0 aliphatic rings. The molecule has 4 rings (SSSR count). The van der Waals surface area contributed by atoms with Gasteiger partial charge in [-0.25, -0.2) is 13.9 Å². The lowest BCUT2D eigenvalue weighted by Gasteiger charge is -2.08. The van der Waals surface area contributed by atoms with E-state index in [2.05, 4.69) is 15.3 Å². The molecular formula is C21H14F2N4OS. The van der Waals surface area contributed by atoms with Gasteiger partial charge >= 0.3 is 0 Å². The molecule has 144 valence electrons. The van der Waals surface area contributed by atoms with Crippen molar-refractivity contribution in [3.63, 3.8) is 0 Å². The molecule has 5 nitrogen and oxygen atoms in total.